The minimum atomic E-state index is -1.46. The first kappa shape index (κ1) is 114. The lowest BCUT2D eigenvalue weighted by molar-refractivity contribution is -0.119. The number of aliphatic hydroxyl groups is 3. The van der Waals surface area contributed by atoms with E-state index in [1.807, 2.05) is 173 Å². The normalized spacial score (nSPS) is 17.9. The number of nitrogens with zero attached hydrogens (tertiary/aromatic N) is 11. The number of unbranched alkanes of at least 4 members (excludes halogenated alkanes) is 4. The van der Waals surface area contributed by atoms with E-state index < -0.39 is 19.3 Å². The molecule has 0 aromatic heterocycles. The van der Waals surface area contributed by atoms with Crippen molar-refractivity contribution in [1.29, 1.82) is 31.6 Å². The van der Waals surface area contributed by atoms with Gasteiger partial charge < -0.3 is 49.2 Å². The van der Waals surface area contributed by atoms with Crippen LogP contribution in [0.5, 0.6) is 17.2 Å². The Bertz CT molecular complexity index is 6750. The smallest absolute Gasteiger partial charge is 0.172 e. The molecule has 0 saturated carbocycles. The predicted octanol–water partition coefficient (Wildman–Crippen LogP) is 27.8. The molecule has 13 rings (SSSR count). The number of allylic oxidation sites excluding steroid dienone is 16. The standard InChI is InChI=1S/C61H70N4O4Si.C56H61N7O4.C9H12O2/c1-59(2,3)49-38-46(27-31-53-52(42-64)58(48(40-62)41-63)69-61(53,6)7)57(68-51-29-25-43(26-30-51)17-16-35-66)47(39-49)28-32-56-60(4,5)54-19-13-14-20-55(54)65(56)34-15-11-12-18-50(67)37-45-23-21-44(22-24-45)33-36-70(8,9)10;1-54(2,3)43-33-40(22-28-48-47(37-59)53(42(35-57)36-58)67-56(48,6)7)52(66-46-26-20-38(21-27-46)14-13-31-64)41(34-43)23-29-51-55(4,5)49-16-10-11-17-50(49)63(51)30-12-8-9-15-45(65)32-39-18-24-44(25-19-39)61-62-60;10-7-1-2-8-3-5-9(11)6-4-8/h13-14,19-32,49,66H,11-12,15-18,34-35,37-39H2,1-10H3;10-11,16-29,43,64H,8-9,12-15,30-34H2,1-7H3;3-6,10-11H,1-2,7H2/b31-27+,47-28+,56-32+;28-22+,41-23+,51-29+;. The summed E-state index contributed by atoms with van der Waals surface area (Å²) in [4.78, 5) is 33.8. The van der Waals surface area contributed by atoms with Crippen LogP contribution in [0.2, 0.25) is 19.6 Å². The van der Waals surface area contributed by atoms with Crippen molar-refractivity contribution in [1.82, 2.24) is 0 Å². The molecule has 0 fully saturated rings. The number of azide groups is 1. The zero-order chi connectivity index (χ0) is 107. The number of ether oxygens (including phenoxy) is 4. The van der Waals surface area contributed by atoms with E-state index >= 15 is 0 Å². The van der Waals surface area contributed by atoms with Gasteiger partial charge in [0.25, 0.3) is 0 Å². The summed E-state index contributed by atoms with van der Waals surface area (Å²) in [5, 5.41) is 99.5. The Morgan fingerprint density at radius 2 is 0.838 bits per heavy atom. The van der Waals surface area contributed by atoms with Gasteiger partial charge in [0.2, 0.25) is 0 Å². The highest BCUT2D eigenvalue weighted by atomic mass is 28.3. The van der Waals surface area contributed by atoms with Crippen molar-refractivity contribution in [3.05, 3.63) is 364 Å². The van der Waals surface area contributed by atoms with Crippen molar-refractivity contribution in [3.63, 3.8) is 0 Å². The maximum atomic E-state index is 13.1. The van der Waals surface area contributed by atoms with E-state index in [1.54, 1.807) is 24.3 Å². The molecule has 6 aliphatic rings. The van der Waals surface area contributed by atoms with Crippen molar-refractivity contribution in [2.75, 3.05) is 42.7 Å². The molecule has 0 saturated heterocycles. The molecule has 21 nitrogen and oxygen atoms in total. The number of phenolic OH excluding ortho intramolecular Hbond substituents is 1. The average Bonchev–Trinajstić information content (AvgIpc) is 1.59. The third-order valence-electron chi connectivity index (χ3n) is 28.2. The summed E-state index contributed by atoms with van der Waals surface area (Å²) in [6.07, 6.45) is 31.4. The van der Waals surface area contributed by atoms with Crippen LogP contribution in [0.15, 0.2) is 314 Å². The number of carbonyl (C=O) groups excluding carboxylic acids is 2. The topological polar surface area (TPSA) is 350 Å². The number of benzene rings is 7. The van der Waals surface area contributed by atoms with Gasteiger partial charge in [-0.1, -0.05) is 258 Å². The number of phenols is 1. The number of aromatic hydroxyl groups is 1. The van der Waals surface area contributed by atoms with Gasteiger partial charge in [0, 0.05) is 120 Å². The number of aliphatic hydroxyl groups excluding tert-OH is 3. The van der Waals surface area contributed by atoms with E-state index in [4.69, 9.17) is 34.7 Å². The Morgan fingerprint density at radius 1 is 0.473 bits per heavy atom. The van der Waals surface area contributed by atoms with Crippen LogP contribution < -0.4 is 19.3 Å². The number of anilines is 2. The number of ketones is 2. The molecule has 0 bridgehead atoms. The Morgan fingerprint density at radius 3 is 1.19 bits per heavy atom. The second-order valence-electron chi connectivity index (χ2n) is 44.0. The highest BCUT2D eigenvalue weighted by molar-refractivity contribution is 6.83. The van der Waals surface area contributed by atoms with Crippen molar-refractivity contribution in [3.8, 4) is 65.1 Å². The van der Waals surface area contributed by atoms with Gasteiger partial charge >= 0.3 is 0 Å². The van der Waals surface area contributed by atoms with E-state index in [-0.39, 0.29) is 104 Å². The SMILES string of the molecule is CC1(C)OC(=C(C#N)C#N)C(C#N)=C1/C=C/C1=C(Oc2ccc(CCCO)cc2)C(=C/C=C2/N(CCCCCC(=O)Cc3ccc(C#C[Si](C)(C)C)cc3)c3ccccc3C2(C)C)/CC(C(C)(C)C)C1.CC1(C)OC(=C(C#N)C#N)C(C#N)=C1/C=C/C1=C(Oc2ccc(CCCO)cc2)C(=C/C=C2/N(CCCCCC(=O)Cc3ccc(N=[N+]=[N-])cc3)c3ccccc3C2(C)C)/CC(C(C)(C)C)C1.OCCCc1ccc(O)cc1. The third kappa shape index (κ3) is 30.0. The first-order chi connectivity index (χ1) is 70.5. The van der Waals surface area contributed by atoms with E-state index in [2.05, 4.69) is 205 Å². The minimum Gasteiger partial charge on any atom is -0.508 e. The molecule has 766 valence electrons. The van der Waals surface area contributed by atoms with Crippen LogP contribution in [0.3, 0.4) is 0 Å². The summed E-state index contributed by atoms with van der Waals surface area (Å²) in [6.45, 7) is 38.8. The van der Waals surface area contributed by atoms with Crippen molar-refractivity contribution < 1.29 is 49.0 Å². The number of hydrogen-bond donors (Lipinski definition) is 4. The number of rotatable bonds is 36. The molecule has 2 unspecified atom stereocenters. The lowest BCUT2D eigenvalue weighted by atomic mass is 9.70. The molecular weight excluding hydrogens is 1860 g/mol. The molecule has 0 amide bonds. The van der Waals surface area contributed by atoms with Crippen LogP contribution in [0.4, 0.5) is 17.1 Å². The molecule has 7 aromatic carbocycles. The molecule has 7 aromatic rings. The summed E-state index contributed by atoms with van der Waals surface area (Å²) in [6, 6.07) is 67.6. The Labute approximate surface area is 877 Å². The van der Waals surface area contributed by atoms with Crippen LogP contribution >= 0.6 is 0 Å². The van der Waals surface area contributed by atoms with Crippen LogP contribution in [-0.2, 0) is 62.0 Å². The Kier molecular flexibility index (Phi) is 39.6. The number of fused-ring (bicyclic) bond motifs is 2. The first-order valence-electron chi connectivity index (χ1n) is 51.7. The average molecular weight is 2000 g/mol. The number of Topliss-reactive ketones (excluding diaryl/α,β-unsaturated/α-hetero) is 2. The summed E-state index contributed by atoms with van der Waals surface area (Å²) in [5.41, 5.74) is 28.5. The van der Waals surface area contributed by atoms with Crippen LogP contribution in [-0.4, -0.2) is 84.2 Å². The molecule has 2 aliphatic carbocycles. The zero-order valence-electron chi connectivity index (χ0n) is 89.3. The third-order valence-corrected chi connectivity index (χ3v) is 29.1. The Hall–Kier alpha value is -14.7. The summed E-state index contributed by atoms with van der Waals surface area (Å²) >= 11 is 0. The first-order valence-corrected chi connectivity index (χ1v) is 55.2. The molecule has 0 spiro atoms. The van der Waals surface area contributed by atoms with Crippen LogP contribution in [0.1, 0.15) is 238 Å². The number of hydrogen-bond acceptors (Lipinski definition) is 19. The zero-order valence-corrected chi connectivity index (χ0v) is 90.3. The predicted molar refractivity (Wildman–Crippen MR) is 589 cm³/mol. The van der Waals surface area contributed by atoms with Gasteiger partial charge in [-0.15, -0.1) is 5.54 Å². The fourth-order valence-electron chi connectivity index (χ4n) is 19.6. The maximum absolute atomic E-state index is 13.1. The largest absolute Gasteiger partial charge is 0.508 e. The number of carbonyl (C=O) groups is 2. The Balaban J connectivity index is 0.000000254. The number of para-hydroxylation sites is 2. The second kappa shape index (κ2) is 51.5. The number of nitriles is 6. The van der Waals surface area contributed by atoms with Gasteiger partial charge in [-0.25, -0.2) is 0 Å². The van der Waals surface area contributed by atoms with Crippen LogP contribution in [0, 0.1) is 102 Å². The molecular formula is C126H143N11O10Si. The van der Waals surface area contributed by atoms with Gasteiger partial charge in [-0.2, -0.15) is 31.6 Å². The van der Waals surface area contributed by atoms with Gasteiger partial charge in [-0.05, 0) is 280 Å². The molecule has 0 radical (unpaired) electrons. The lowest BCUT2D eigenvalue weighted by Gasteiger charge is -2.36. The number of aryl methyl sites for hydroxylation is 3. The lowest BCUT2D eigenvalue weighted by Crippen LogP contribution is -2.28. The molecule has 22 heteroatoms. The molecule has 4 N–H and O–H groups in total. The summed E-state index contributed by atoms with van der Waals surface area (Å²) in [5.74, 6) is 7.35. The van der Waals surface area contributed by atoms with E-state index in [9.17, 15) is 51.4 Å². The molecule has 4 heterocycles. The monoisotopic (exact) mass is 2000 g/mol. The van der Waals surface area contributed by atoms with E-state index in [0.717, 1.165) is 157 Å². The van der Waals surface area contributed by atoms with Gasteiger partial charge in [-0.3, -0.25) is 9.59 Å². The molecule has 4 aliphatic heterocycles. The minimum absolute atomic E-state index is 0.00228. The summed E-state index contributed by atoms with van der Waals surface area (Å²) in [7, 11) is -1.46. The van der Waals surface area contributed by atoms with Crippen molar-refractivity contribution >= 4 is 36.7 Å². The fourth-order valence-corrected chi connectivity index (χ4v) is 20.1. The molecule has 2 atom stereocenters. The van der Waals surface area contributed by atoms with Gasteiger partial charge in [0.15, 0.2) is 22.7 Å². The van der Waals surface area contributed by atoms with E-state index in [1.165, 1.54) is 33.9 Å². The van der Waals surface area contributed by atoms with Crippen molar-refractivity contribution in [2.45, 2.75) is 267 Å². The van der Waals surface area contributed by atoms with E-state index in [0.29, 0.717) is 79.7 Å². The summed E-state index contributed by atoms with van der Waals surface area (Å²) < 4.78 is 26.2. The van der Waals surface area contributed by atoms with Crippen molar-refractivity contribution in [2.24, 2.45) is 27.8 Å². The quantitative estimate of drug-likeness (QED) is 0.00539. The maximum Gasteiger partial charge on any atom is 0.172 e. The van der Waals surface area contributed by atoms with Gasteiger partial charge in [0.05, 0.1) is 0 Å². The fraction of sp³-hybridized carbons (Fsp3) is 0.397. The van der Waals surface area contributed by atoms with Crippen LogP contribution in [0.25, 0.3) is 10.4 Å². The highest BCUT2D eigenvalue weighted by Crippen LogP contribution is 2.53. The van der Waals surface area contributed by atoms with Gasteiger partial charge in [0.1, 0.15) is 107 Å². The second-order valence-corrected chi connectivity index (χ2v) is 48.8. The molecule has 148 heavy (non-hydrogen) atoms. The highest BCUT2D eigenvalue weighted by Gasteiger charge is 2.45.